The summed E-state index contributed by atoms with van der Waals surface area (Å²) in [4.78, 5) is 26.1. The molecule has 0 saturated carbocycles. The summed E-state index contributed by atoms with van der Waals surface area (Å²) in [5, 5.41) is 13.0. The molecular weight excluding hydrogens is 430 g/mol. The summed E-state index contributed by atoms with van der Waals surface area (Å²) in [6.07, 6.45) is 4.55. The number of rotatable bonds is 6. The lowest BCUT2D eigenvalue weighted by atomic mass is 9.88. The number of hydrogen-bond donors (Lipinski definition) is 2. The lowest BCUT2D eigenvalue weighted by Gasteiger charge is -2.28. The molecule has 2 aromatic rings. The molecule has 0 aliphatic carbocycles. The molecule has 4 rings (SSSR count). The first kappa shape index (κ1) is 22.4. The molecule has 1 amide bonds. The number of aliphatic hydroxyl groups is 1. The third kappa shape index (κ3) is 3.80. The molecule has 170 valence electrons. The van der Waals surface area contributed by atoms with E-state index in [-0.39, 0.29) is 31.2 Å². The topological polar surface area (TPSA) is 109 Å². The van der Waals surface area contributed by atoms with Gasteiger partial charge in [0.2, 0.25) is 15.9 Å². The lowest BCUT2D eigenvalue weighted by molar-refractivity contribution is -0.126. The van der Waals surface area contributed by atoms with Crippen LogP contribution in [0, 0.1) is 11.8 Å². The van der Waals surface area contributed by atoms with Crippen molar-refractivity contribution in [2.75, 3.05) is 12.9 Å². The molecule has 0 radical (unpaired) electrons. The standard InChI is InChI=1S/C23H27N3O5S/c1-3-7-16-10-11-19-20-17(13-25(19)23(16)29)18(14-27)21(26(20)32(2,30)31)22(28)24-12-15-8-5-4-6-9-15/h3-11,17-18,20-21,27H,12-14H2,1-2H3,(H,24,28)/b7-3-/t17-,18-,20+,21-/m1/s1. The van der Waals surface area contributed by atoms with Crippen molar-refractivity contribution in [3.05, 3.63) is 75.7 Å². The summed E-state index contributed by atoms with van der Waals surface area (Å²) in [6.45, 7) is 1.97. The number of benzene rings is 1. The predicted molar refractivity (Wildman–Crippen MR) is 121 cm³/mol. The number of aromatic nitrogens is 1. The summed E-state index contributed by atoms with van der Waals surface area (Å²) in [7, 11) is -3.82. The van der Waals surface area contributed by atoms with Gasteiger partial charge in [-0.25, -0.2) is 8.42 Å². The maximum absolute atomic E-state index is 13.2. The van der Waals surface area contributed by atoms with E-state index in [2.05, 4.69) is 5.32 Å². The number of pyridine rings is 1. The summed E-state index contributed by atoms with van der Waals surface area (Å²) in [5.74, 6) is -1.46. The van der Waals surface area contributed by atoms with Gasteiger partial charge in [-0.1, -0.05) is 42.5 Å². The first-order valence-corrected chi connectivity index (χ1v) is 12.4. The van der Waals surface area contributed by atoms with Crippen LogP contribution in [0.3, 0.4) is 0 Å². The smallest absolute Gasteiger partial charge is 0.258 e. The first-order valence-electron chi connectivity index (χ1n) is 10.6. The molecule has 2 aliphatic rings. The van der Waals surface area contributed by atoms with E-state index in [1.807, 2.05) is 37.3 Å². The van der Waals surface area contributed by atoms with Gasteiger partial charge in [0.05, 0.1) is 12.3 Å². The number of carbonyl (C=O) groups is 1. The maximum atomic E-state index is 13.2. The highest BCUT2D eigenvalue weighted by Crippen LogP contribution is 2.50. The number of carbonyl (C=O) groups excluding carboxylic acids is 1. The minimum Gasteiger partial charge on any atom is -0.396 e. The molecule has 2 aliphatic heterocycles. The van der Waals surface area contributed by atoms with Crippen LogP contribution in [-0.4, -0.2) is 47.2 Å². The van der Waals surface area contributed by atoms with E-state index < -0.39 is 33.9 Å². The van der Waals surface area contributed by atoms with Crippen molar-refractivity contribution < 1.29 is 18.3 Å². The lowest BCUT2D eigenvalue weighted by Crippen LogP contribution is -2.49. The van der Waals surface area contributed by atoms with E-state index in [9.17, 15) is 23.1 Å². The monoisotopic (exact) mass is 457 g/mol. The Balaban J connectivity index is 1.72. The number of nitrogens with one attached hydrogen (secondary N) is 1. The number of nitrogens with zero attached hydrogens (tertiary/aromatic N) is 2. The quantitative estimate of drug-likeness (QED) is 0.676. The van der Waals surface area contributed by atoms with Crippen molar-refractivity contribution in [3.8, 4) is 0 Å². The molecule has 1 saturated heterocycles. The molecule has 8 nitrogen and oxygen atoms in total. The number of hydrogen-bond acceptors (Lipinski definition) is 5. The van der Waals surface area contributed by atoms with Gasteiger partial charge in [0, 0.05) is 42.8 Å². The van der Waals surface area contributed by atoms with Gasteiger partial charge < -0.3 is 15.0 Å². The van der Waals surface area contributed by atoms with Gasteiger partial charge in [0.1, 0.15) is 6.04 Å². The number of fused-ring (bicyclic) bond motifs is 3. The molecule has 0 unspecified atom stereocenters. The molecule has 9 heteroatoms. The Kier molecular flexibility index (Phi) is 6.07. The van der Waals surface area contributed by atoms with E-state index >= 15 is 0 Å². The zero-order chi connectivity index (χ0) is 23.0. The van der Waals surface area contributed by atoms with Gasteiger partial charge in [0.25, 0.3) is 5.56 Å². The summed E-state index contributed by atoms with van der Waals surface area (Å²) >= 11 is 0. The fraction of sp³-hybridized carbons (Fsp3) is 0.391. The molecule has 3 heterocycles. The molecule has 0 bridgehead atoms. The molecule has 1 aromatic heterocycles. The summed E-state index contributed by atoms with van der Waals surface area (Å²) < 4.78 is 28.5. The average molecular weight is 458 g/mol. The van der Waals surface area contributed by atoms with Crippen LogP contribution >= 0.6 is 0 Å². The highest BCUT2D eigenvalue weighted by Gasteiger charge is 2.58. The maximum Gasteiger partial charge on any atom is 0.258 e. The van der Waals surface area contributed by atoms with Crippen LogP contribution in [0.15, 0.2) is 53.3 Å². The van der Waals surface area contributed by atoms with Crippen LogP contribution in [0.5, 0.6) is 0 Å². The Morgan fingerprint density at radius 2 is 1.94 bits per heavy atom. The van der Waals surface area contributed by atoms with Crippen molar-refractivity contribution in [1.82, 2.24) is 14.2 Å². The first-order chi connectivity index (χ1) is 15.3. The summed E-state index contributed by atoms with van der Waals surface area (Å²) in [5.41, 5.74) is 1.75. The van der Waals surface area contributed by atoms with Crippen molar-refractivity contribution in [3.63, 3.8) is 0 Å². The second-order valence-electron chi connectivity index (χ2n) is 8.33. The van der Waals surface area contributed by atoms with Crippen molar-refractivity contribution in [2.24, 2.45) is 11.8 Å². The van der Waals surface area contributed by atoms with Crippen LogP contribution in [0.25, 0.3) is 6.08 Å². The van der Waals surface area contributed by atoms with Crippen LogP contribution < -0.4 is 10.9 Å². The Hall–Kier alpha value is -2.75. The van der Waals surface area contributed by atoms with Crippen LogP contribution in [0.2, 0.25) is 0 Å². The van der Waals surface area contributed by atoms with Gasteiger partial charge in [-0.05, 0) is 24.6 Å². The molecule has 1 aromatic carbocycles. The molecule has 1 fully saturated rings. The third-order valence-electron chi connectivity index (χ3n) is 6.36. The van der Waals surface area contributed by atoms with E-state index in [1.54, 1.807) is 28.9 Å². The Labute approximate surface area is 187 Å². The molecule has 2 N–H and O–H groups in total. The minimum atomic E-state index is -3.82. The van der Waals surface area contributed by atoms with Gasteiger partial charge in [-0.3, -0.25) is 9.59 Å². The van der Waals surface area contributed by atoms with E-state index in [1.165, 1.54) is 4.31 Å². The SMILES string of the molecule is C/C=C\c1ccc2n(c1=O)C[C@@H]1[C@@H](CO)[C@H](C(=O)NCc3ccccc3)N(S(C)(=O)=O)[C@H]21. The highest BCUT2D eigenvalue weighted by atomic mass is 32.2. The van der Waals surface area contributed by atoms with Gasteiger partial charge in [-0.15, -0.1) is 0 Å². The van der Waals surface area contributed by atoms with E-state index in [0.29, 0.717) is 11.3 Å². The minimum absolute atomic E-state index is 0.204. The average Bonchev–Trinajstić information content (AvgIpc) is 3.29. The Morgan fingerprint density at radius 1 is 1.22 bits per heavy atom. The number of allylic oxidation sites excluding steroid dienone is 1. The number of sulfonamides is 1. The van der Waals surface area contributed by atoms with Crippen molar-refractivity contribution in [1.29, 1.82) is 0 Å². The zero-order valence-corrected chi connectivity index (χ0v) is 18.8. The van der Waals surface area contributed by atoms with Crippen LogP contribution in [0.4, 0.5) is 0 Å². The predicted octanol–water partition coefficient (Wildman–Crippen LogP) is 1.12. The largest absolute Gasteiger partial charge is 0.396 e. The molecule has 32 heavy (non-hydrogen) atoms. The van der Waals surface area contributed by atoms with Gasteiger partial charge in [-0.2, -0.15) is 4.31 Å². The second-order valence-corrected chi connectivity index (χ2v) is 10.2. The molecule has 4 atom stereocenters. The normalized spacial score (nSPS) is 25.1. The van der Waals surface area contributed by atoms with Crippen LogP contribution in [-0.2, 0) is 27.9 Å². The zero-order valence-electron chi connectivity index (χ0n) is 18.0. The summed E-state index contributed by atoms with van der Waals surface area (Å²) in [6, 6.07) is 11.0. The molecular formula is C23H27N3O5S. The van der Waals surface area contributed by atoms with Gasteiger partial charge in [0.15, 0.2) is 0 Å². The van der Waals surface area contributed by atoms with E-state index in [0.717, 1.165) is 11.8 Å². The fourth-order valence-electron chi connectivity index (χ4n) is 5.02. The Morgan fingerprint density at radius 3 is 2.56 bits per heavy atom. The van der Waals surface area contributed by atoms with Crippen LogP contribution in [0.1, 0.15) is 29.8 Å². The third-order valence-corrected chi connectivity index (χ3v) is 7.58. The number of aliphatic hydroxyl groups excluding tert-OH is 1. The highest BCUT2D eigenvalue weighted by molar-refractivity contribution is 7.88. The number of amides is 1. The fourth-order valence-corrected chi connectivity index (χ4v) is 6.37. The van der Waals surface area contributed by atoms with Crippen molar-refractivity contribution >= 4 is 22.0 Å². The van der Waals surface area contributed by atoms with E-state index in [4.69, 9.17) is 0 Å². The second kappa shape index (κ2) is 8.65. The van der Waals surface area contributed by atoms with Crippen molar-refractivity contribution in [2.45, 2.75) is 32.1 Å². The molecule has 0 spiro atoms. The Bertz CT molecular complexity index is 1210. The van der Waals surface area contributed by atoms with Gasteiger partial charge >= 0.3 is 0 Å².